The van der Waals surface area contributed by atoms with Crippen LogP contribution < -0.4 is 5.32 Å². The minimum absolute atomic E-state index is 0.00181. The summed E-state index contributed by atoms with van der Waals surface area (Å²) < 4.78 is 1.94. The van der Waals surface area contributed by atoms with Crippen molar-refractivity contribution in [2.24, 2.45) is 0 Å². The van der Waals surface area contributed by atoms with Gasteiger partial charge in [-0.3, -0.25) is 9.36 Å². The molecule has 0 saturated heterocycles. The molecule has 1 amide bonds. The molecular formula is C16H19ClN4OS. The number of rotatable bonds is 8. The van der Waals surface area contributed by atoms with Crippen molar-refractivity contribution in [3.8, 4) is 11.4 Å². The fourth-order valence-corrected chi connectivity index (χ4v) is 2.85. The molecule has 1 aromatic heterocycles. The van der Waals surface area contributed by atoms with Crippen LogP contribution in [0.4, 0.5) is 0 Å². The predicted molar refractivity (Wildman–Crippen MR) is 94.7 cm³/mol. The smallest absolute Gasteiger partial charge is 0.230 e. The van der Waals surface area contributed by atoms with Crippen molar-refractivity contribution >= 4 is 29.3 Å². The van der Waals surface area contributed by atoms with Gasteiger partial charge in [-0.25, -0.2) is 0 Å². The summed E-state index contributed by atoms with van der Waals surface area (Å²) in [5, 5.41) is 12.7. The first-order valence-corrected chi connectivity index (χ1v) is 8.71. The number of hydrogen-bond donors (Lipinski definition) is 1. The van der Waals surface area contributed by atoms with Gasteiger partial charge in [0.2, 0.25) is 5.91 Å². The second-order valence-corrected chi connectivity index (χ2v) is 6.23. The highest BCUT2D eigenvalue weighted by Crippen LogP contribution is 2.25. The lowest BCUT2D eigenvalue weighted by Crippen LogP contribution is -2.25. The third-order valence-corrected chi connectivity index (χ3v) is 4.25. The van der Waals surface area contributed by atoms with Crippen molar-refractivity contribution < 1.29 is 4.79 Å². The van der Waals surface area contributed by atoms with Crippen LogP contribution in [0.15, 0.2) is 42.1 Å². The topological polar surface area (TPSA) is 59.8 Å². The SMILES string of the molecule is C=CCn1c(SCC(=O)NCCC)nnc1-c1ccc(Cl)cc1. The van der Waals surface area contributed by atoms with Gasteiger partial charge in [0.1, 0.15) is 0 Å². The Balaban J connectivity index is 2.16. The average Bonchev–Trinajstić information content (AvgIpc) is 2.95. The number of thioether (sulfide) groups is 1. The Kier molecular flexibility index (Phi) is 6.67. The predicted octanol–water partition coefficient (Wildman–Crippen LogP) is 3.40. The lowest BCUT2D eigenvalue weighted by molar-refractivity contribution is -0.118. The molecule has 0 unspecified atom stereocenters. The second-order valence-electron chi connectivity index (χ2n) is 4.85. The molecule has 122 valence electrons. The first-order valence-electron chi connectivity index (χ1n) is 7.35. The van der Waals surface area contributed by atoms with Crippen molar-refractivity contribution in [2.45, 2.75) is 25.0 Å². The van der Waals surface area contributed by atoms with E-state index in [2.05, 4.69) is 22.1 Å². The van der Waals surface area contributed by atoms with Gasteiger partial charge in [0.15, 0.2) is 11.0 Å². The average molecular weight is 351 g/mol. The van der Waals surface area contributed by atoms with Gasteiger partial charge in [-0.1, -0.05) is 36.4 Å². The summed E-state index contributed by atoms with van der Waals surface area (Å²) in [6.45, 7) is 7.06. The van der Waals surface area contributed by atoms with Crippen molar-refractivity contribution in [2.75, 3.05) is 12.3 Å². The third-order valence-electron chi connectivity index (χ3n) is 3.04. The molecule has 0 spiro atoms. The zero-order chi connectivity index (χ0) is 16.7. The van der Waals surface area contributed by atoms with Gasteiger partial charge >= 0.3 is 0 Å². The van der Waals surface area contributed by atoms with Crippen LogP contribution in [-0.4, -0.2) is 33.0 Å². The van der Waals surface area contributed by atoms with E-state index in [-0.39, 0.29) is 5.91 Å². The Morgan fingerprint density at radius 3 is 2.78 bits per heavy atom. The highest BCUT2D eigenvalue weighted by atomic mass is 35.5. The standard InChI is InChI=1S/C16H19ClN4OS/c1-3-9-18-14(22)11-23-16-20-19-15(21(16)10-4-2)12-5-7-13(17)8-6-12/h4-8H,2-3,9-11H2,1H3,(H,18,22). The molecule has 0 aliphatic heterocycles. The van der Waals surface area contributed by atoms with E-state index < -0.39 is 0 Å². The fourth-order valence-electron chi connectivity index (χ4n) is 1.95. The van der Waals surface area contributed by atoms with E-state index in [0.717, 1.165) is 17.8 Å². The van der Waals surface area contributed by atoms with E-state index in [4.69, 9.17) is 11.6 Å². The molecule has 0 radical (unpaired) electrons. The summed E-state index contributed by atoms with van der Waals surface area (Å²) in [6.07, 6.45) is 2.70. The van der Waals surface area contributed by atoms with Crippen LogP contribution in [0, 0.1) is 0 Å². The van der Waals surface area contributed by atoms with Gasteiger partial charge in [0.05, 0.1) is 5.75 Å². The summed E-state index contributed by atoms with van der Waals surface area (Å²) in [4.78, 5) is 11.7. The Morgan fingerprint density at radius 1 is 1.39 bits per heavy atom. The van der Waals surface area contributed by atoms with Gasteiger partial charge in [-0.2, -0.15) is 0 Å². The van der Waals surface area contributed by atoms with Crippen LogP contribution in [0.25, 0.3) is 11.4 Å². The molecule has 0 aliphatic carbocycles. The number of nitrogens with zero attached hydrogens (tertiary/aromatic N) is 3. The molecule has 0 aliphatic rings. The van der Waals surface area contributed by atoms with Gasteiger partial charge in [0, 0.05) is 23.7 Å². The summed E-state index contributed by atoms with van der Waals surface area (Å²) in [6, 6.07) is 7.42. The molecular weight excluding hydrogens is 332 g/mol. The number of carbonyl (C=O) groups excluding carboxylic acids is 1. The maximum atomic E-state index is 11.7. The fraction of sp³-hybridized carbons (Fsp3) is 0.312. The normalized spacial score (nSPS) is 10.5. The number of halogens is 1. The van der Waals surface area contributed by atoms with E-state index in [1.54, 1.807) is 6.08 Å². The third kappa shape index (κ3) is 4.84. The molecule has 1 N–H and O–H groups in total. The number of allylic oxidation sites excluding steroid dienone is 1. The molecule has 0 bridgehead atoms. The van der Waals surface area contributed by atoms with Gasteiger partial charge in [0.25, 0.3) is 0 Å². The molecule has 23 heavy (non-hydrogen) atoms. The molecule has 2 aromatic rings. The van der Waals surface area contributed by atoms with Crippen LogP contribution in [-0.2, 0) is 11.3 Å². The summed E-state index contributed by atoms with van der Waals surface area (Å²) in [5.41, 5.74) is 0.922. The van der Waals surface area contributed by atoms with Crippen LogP contribution in [0.5, 0.6) is 0 Å². The van der Waals surface area contributed by atoms with Crippen LogP contribution in [0.3, 0.4) is 0 Å². The number of nitrogens with one attached hydrogen (secondary N) is 1. The molecule has 1 aromatic carbocycles. The number of aromatic nitrogens is 3. The van der Waals surface area contributed by atoms with Gasteiger partial charge < -0.3 is 5.32 Å². The summed E-state index contributed by atoms with van der Waals surface area (Å²) in [5.74, 6) is 1.05. The van der Waals surface area contributed by atoms with Crippen molar-refractivity contribution in [1.82, 2.24) is 20.1 Å². The number of benzene rings is 1. The zero-order valence-corrected chi connectivity index (χ0v) is 14.5. The first-order chi connectivity index (χ1) is 11.2. The molecule has 0 atom stereocenters. The van der Waals surface area contributed by atoms with Crippen LogP contribution >= 0.6 is 23.4 Å². The molecule has 0 saturated carbocycles. The van der Waals surface area contributed by atoms with Crippen molar-refractivity contribution in [1.29, 1.82) is 0 Å². The number of amides is 1. The lowest BCUT2D eigenvalue weighted by Gasteiger charge is -2.08. The molecule has 0 fully saturated rings. The van der Waals surface area contributed by atoms with Crippen molar-refractivity contribution in [3.63, 3.8) is 0 Å². The Bertz CT molecular complexity index is 669. The van der Waals surface area contributed by atoms with Gasteiger partial charge in [-0.05, 0) is 30.7 Å². The molecule has 2 rings (SSSR count). The Labute approximate surface area is 145 Å². The first kappa shape index (κ1) is 17.6. The minimum atomic E-state index is -0.00181. The molecule has 5 nitrogen and oxygen atoms in total. The summed E-state index contributed by atoms with van der Waals surface area (Å²) >= 11 is 7.29. The Morgan fingerprint density at radius 2 is 2.13 bits per heavy atom. The monoisotopic (exact) mass is 350 g/mol. The quantitative estimate of drug-likeness (QED) is 0.585. The zero-order valence-electron chi connectivity index (χ0n) is 13.0. The maximum Gasteiger partial charge on any atom is 0.230 e. The van der Waals surface area contributed by atoms with Crippen LogP contribution in [0.1, 0.15) is 13.3 Å². The Hall–Kier alpha value is -1.79. The van der Waals surface area contributed by atoms with Crippen molar-refractivity contribution in [3.05, 3.63) is 41.9 Å². The molecule has 1 heterocycles. The number of carbonyl (C=O) groups is 1. The van der Waals surface area contributed by atoms with Crippen LogP contribution in [0.2, 0.25) is 5.02 Å². The number of hydrogen-bond acceptors (Lipinski definition) is 4. The van der Waals surface area contributed by atoms with E-state index >= 15 is 0 Å². The van der Waals surface area contributed by atoms with E-state index in [9.17, 15) is 4.79 Å². The summed E-state index contributed by atoms with van der Waals surface area (Å²) in [7, 11) is 0. The van der Waals surface area contributed by atoms with E-state index in [0.29, 0.717) is 29.0 Å². The second kappa shape index (κ2) is 8.74. The molecule has 7 heteroatoms. The van der Waals surface area contributed by atoms with E-state index in [1.807, 2.05) is 35.8 Å². The highest BCUT2D eigenvalue weighted by molar-refractivity contribution is 7.99. The maximum absolute atomic E-state index is 11.7. The largest absolute Gasteiger partial charge is 0.355 e. The van der Waals surface area contributed by atoms with Gasteiger partial charge in [-0.15, -0.1) is 16.8 Å². The lowest BCUT2D eigenvalue weighted by atomic mass is 10.2. The van der Waals surface area contributed by atoms with E-state index in [1.165, 1.54) is 11.8 Å². The minimum Gasteiger partial charge on any atom is -0.355 e. The highest BCUT2D eigenvalue weighted by Gasteiger charge is 2.14.